The molecule has 0 radical (unpaired) electrons. The number of hydrogen-bond donors (Lipinski definition) is 1. The van der Waals surface area contributed by atoms with Gasteiger partial charge in [-0.1, -0.05) is 6.07 Å². The maximum Gasteiger partial charge on any atom is 0.200 e. The van der Waals surface area contributed by atoms with Crippen LogP contribution in [0, 0.1) is 3.57 Å². The predicted molar refractivity (Wildman–Crippen MR) is 91.2 cm³/mol. The van der Waals surface area contributed by atoms with E-state index in [1.165, 1.54) is 0 Å². The van der Waals surface area contributed by atoms with Gasteiger partial charge in [0.05, 0.1) is 30.5 Å². The number of methoxy groups -OCH3 is 1. The number of hydrogen-bond acceptors (Lipinski definition) is 4. The third-order valence-electron chi connectivity index (χ3n) is 2.98. The highest BCUT2D eigenvalue weighted by molar-refractivity contribution is 14.1. The molecular weight excluding hydrogens is 381 g/mol. The van der Waals surface area contributed by atoms with Gasteiger partial charge >= 0.3 is 0 Å². The second-order valence-electron chi connectivity index (χ2n) is 4.33. The molecule has 0 heterocycles. The van der Waals surface area contributed by atoms with E-state index in [-0.39, 0.29) is 5.78 Å². The van der Waals surface area contributed by atoms with Crippen LogP contribution in [0.15, 0.2) is 36.4 Å². The van der Waals surface area contributed by atoms with E-state index in [4.69, 9.17) is 15.2 Å². The number of nitrogens with two attached hydrogens (primary N) is 1. The van der Waals surface area contributed by atoms with E-state index in [1.807, 2.05) is 13.0 Å². The molecule has 2 N–H and O–H groups in total. The van der Waals surface area contributed by atoms with Crippen molar-refractivity contribution in [2.24, 2.45) is 0 Å². The van der Waals surface area contributed by atoms with Gasteiger partial charge in [-0.05, 0) is 59.8 Å². The Hall–Kier alpha value is -1.76. The molecule has 0 aliphatic rings. The van der Waals surface area contributed by atoms with Crippen molar-refractivity contribution in [1.29, 1.82) is 0 Å². The maximum absolute atomic E-state index is 12.8. The molecule has 0 amide bonds. The van der Waals surface area contributed by atoms with Crippen LogP contribution in [0.2, 0.25) is 0 Å². The topological polar surface area (TPSA) is 61.5 Å². The molecule has 5 heteroatoms. The molecule has 4 nitrogen and oxygen atoms in total. The van der Waals surface area contributed by atoms with Gasteiger partial charge in [0, 0.05) is 3.57 Å². The van der Waals surface area contributed by atoms with Crippen LogP contribution in [0.1, 0.15) is 22.8 Å². The molecule has 0 bridgehead atoms. The SMILES string of the molecule is CCOc1c(N)cccc1C(=O)c1cc(I)ccc1OC. The monoisotopic (exact) mass is 397 g/mol. The number of para-hydroxylation sites is 1. The summed E-state index contributed by atoms with van der Waals surface area (Å²) in [5, 5.41) is 0. The van der Waals surface area contributed by atoms with Crippen molar-refractivity contribution in [1.82, 2.24) is 0 Å². The third kappa shape index (κ3) is 3.29. The summed E-state index contributed by atoms with van der Waals surface area (Å²) < 4.78 is 11.8. The summed E-state index contributed by atoms with van der Waals surface area (Å²) in [5.74, 6) is 0.789. The molecule has 0 spiro atoms. The molecule has 0 aromatic heterocycles. The second-order valence-corrected chi connectivity index (χ2v) is 5.58. The number of carbonyl (C=O) groups is 1. The van der Waals surface area contributed by atoms with E-state index in [2.05, 4.69) is 22.6 Å². The molecule has 0 aliphatic heterocycles. The van der Waals surface area contributed by atoms with Gasteiger partial charge < -0.3 is 15.2 Å². The molecule has 21 heavy (non-hydrogen) atoms. The van der Waals surface area contributed by atoms with Crippen molar-refractivity contribution in [3.8, 4) is 11.5 Å². The lowest BCUT2D eigenvalue weighted by atomic mass is 10.0. The molecule has 2 aromatic carbocycles. The summed E-state index contributed by atoms with van der Waals surface area (Å²) in [6.07, 6.45) is 0. The number of ketones is 1. The van der Waals surface area contributed by atoms with Gasteiger partial charge in [-0.25, -0.2) is 0 Å². The molecule has 2 rings (SSSR count). The average Bonchev–Trinajstić information content (AvgIpc) is 2.48. The highest BCUT2D eigenvalue weighted by Crippen LogP contribution is 2.31. The van der Waals surface area contributed by atoms with Crippen LogP contribution >= 0.6 is 22.6 Å². The van der Waals surface area contributed by atoms with Crippen LogP contribution in [0.3, 0.4) is 0 Å². The van der Waals surface area contributed by atoms with E-state index in [0.717, 1.165) is 3.57 Å². The van der Waals surface area contributed by atoms with Crippen molar-refractivity contribution in [3.63, 3.8) is 0 Å². The first-order chi connectivity index (χ1) is 10.1. The Balaban J connectivity index is 2.55. The number of rotatable bonds is 5. The smallest absolute Gasteiger partial charge is 0.200 e. The van der Waals surface area contributed by atoms with Crippen LogP contribution in [0.25, 0.3) is 0 Å². The zero-order valence-electron chi connectivity index (χ0n) is 11.9. The summed E-state index contributed by atoms with van der Waals surface area (Å²) in [5.41, 5.74) is 7.30. The van der Waals surface area contributed by atoms with Crippen LogP contribution < -0.4 is 15.2 Å². The number of anilines is 1. The summed E-state index contributed by atoms with van der Waals surface area (Å²) in [4.78, 5) is 12.8. The van der Waals surface area contributed by atoms with Gasteiger partial charge in [-0.3, -0.25) is 4.79 Å². The lowest BCUT2D eigenvalue weighted by Crippen LogP contribution is -2.09. The van der Waals surface area contributed by atoms with Gasteiger partial charge in [0.2, 0.25) is 5.78 Å². The summed E-state index contributed by atoms with van der Waals surface area (Å²) in [6.45, 7) is 2.30. The summed E-state index contributed by atoms with van der Waals surface area (Å²) >= 11 is 2.16. The van der Waals surface area contributed by atoms with E-state index in [9.17, 15) is 4.79 Å². The second kappa shape index (κ2) is 6.80. The van der Waals surface area contributed by atoms with E-state index >= 15 is 0 Å². The molecule has 0 saturated heterocycles. The molecule has 2 aromatic rings. The number of carbonyl (C=O) groups excluding carboxylic acids is 1. The standard InChI is InChI=1S/C16H16INO3/c1-3-21-16-11(5-4-6-13(16)18)15(19)12-9-10(17)7-8-14(12)20-2/h4-9H,3,18H2,1-2H3. The maximum atomic E-state index is 12.8. The van der Waals surface area contributed by atoms with Gasteiger partial charge in [0.1, 0.15) is 5.75 Å². The molecular formula is C16H16INO3. The van der Waals surface area contributed by atoms with E-state index < -0.39 is 0 Å². The van der Waals surface area contributed by atoms with Crippen molar-refractivity contribution < 1.29 is 14.3 Å². The predicted octanol–water partition coefficient (Wildman–Crippen LogP) is 3.51. The highest BCUT2D eigenvalue weighted by Gasteiger charge is 2.20. The zero-order chi connectivity index (χ0) is 15.4. The minimum atomic E-state index is -0.166. The lowest BCUT2D eigenvalue weighted by Gasteiger charge is -2.13. The number of ether oxygens (including phenoxy) is 2. The Labute approximate surface area is 137 Å². The molecule has 0 unspecified atom stereocenters. The molecule has 0 atom stereocenters. The highest BCUT2D eigenvalue weighted by atomic mass is 127. The number of nitrogen functional groups attached to an aromatic ring is 1. The van der Waals surface area contributed by atoms with Gasteiger partial charge in [-0.2, -0.15) is 0 Å². The number of halogens is 1. The van der Waals surface area contributed by atoms with Crippen molar-refractivity contribution >= 4 is 34.1 Å². The van der Waals surface area contributed by atoms with Crippen LogP contribution in [-0.2, 0) is 0 Å². The van der Waals surface area contributed by atoms with Gasteiger partial charge in [0.25, 0.3) is 0 Å². The van der Waals surface area contributed by atoms with Crippen molar-refractivity contribution in [2.75, 3.05) is 19.5 Å². The fourth-order valence-corrected chi connectivity index (χ4v) is 2.53. The normalized spacial score (nSPS) is 10.2. The Kier molecular flexibility index (Phi) is 5.06. The first kappa shape index (κ1) is 15.6. The Morgan fingerprint density at radius 2 is 2.00 bits per heavy atom. The largest absolute Gasteiger partial charge is 0.496 e. The van der Waals surface area contributed by atoms with Crippen LogP contribution in [-0.4, -0.2) is 19.5 Å². The van der Waals surface area contributed by atoms with Crippen LogP contribution in [0.5, 0.6) is 11.5 Å². The fourth-order valence-electron chi connectivity index (χ4n) is 2.04. The van der Waals surface area contributed by atoms with Crippen LogP contribution in [0.4, 0.5) is 5.69 Å². The number of benzene rings is 2. The van der Waals surface area contributed by atoms with E-state index in [0.29, 0.717) is 34.9 Å². The first-order valence-corrected chi connectivity index (χ1v) is 7.55. The van der Waals surface area contributed by atoms with Crippen molar-refractivity contribution in [3.05, 3.63) is 51.1 Å². The Morgan fingerprint density at radius 1 is 1.24 bits per heavy atom. The lowest BCUT2D eigenvalue weighted by molar-refractivity contribution is 0.103. The minimum Gasteiger partial charge on any atom is -0.496 e. The fraction of sp³-hybridized carbons (Fsp3) is 0.188. The quantitative estimate of drug-likeness (QED) is 0.477. The Morgan fingerprint density at radius 3 is 2.67 bits per heavy atom. The third-order valence-corrected chi connectivity index (χ3v) is 3.66. The van der Waals surface area contributed by atoms with Gasteiger partial charge in [0.15, 0.2) is 5.75 Å². The first-order valence-electron chi connectivity index (χ1n) is 6.48. The summed E-state index contributed by atoms with van der Waals surface area (Å²) in [7, 11) is 1.54. The Bertz CT molecular complexity index is 671. The molecule has 0 fully saturated rings. The zero-order valence-corrected chi connectivity index (χ0v) is 14.0. The molecule has 0 aliphatic carbocycles. The summed E-state index contributed by atoms with van der Waals surface area (Å²) in [6, 6.07) is 10.6. The minimum absolute atomic E-state index is 0.166. The average molecular weight is 397 g/mol. The van der Waals surface area contributed by atoms with Gasteiger partial charge in [-0.15, -0.1) is 0 Å². The van der Waals surface area contributed by atoms with Crippen molar-refractivity contribution in [2.45, 2.75) is 6.92 Å². The molecule has 110 valence electrons. The molecule has 0 saturated carbocycles. The van der Waals surface area contributed by atoms with E-state index in [1.54, 1.807) is 37.4 Å².